The van der Waals surface area contributed by atoms with E-state index in [2.05, 4.69) is 4.74 Å². The molecular weight excluding hydrogens is 327 g/mol. The van der Waals surface area contributed by atoms with E-state index in [-0.39, 0.29) is 19.0 Å². The zero-order valence-corrected chi connectivity index (χ0v) is 13.4. The topological polar surface area (TPSA) is 44.8 Å². The van der Waals surface area contributed by atoms with Gasteiger partial charge in [-0.25, -0.2) is 0 Å². The monoisotopic (exact) mass is 340 g/mol. The predicted octanol–water partition coefficient (Wildman–Crippen LogP) is 4.73. The summed E-state index contributed by atoms with van der Waals surface area (Å²) in [4.78, 5) is 11.0. The minimum atomic E-state index is -0.308. The second-order valence-corrected chi connectivity index (χ2v) is 5.17. The van der Waals surface area contributed by atoms with Gasteiger partial charge in [0.25, 0.3) is 0 Å². The first-order valence-electron chi connectivity index (χ1n) is 6.51. The summed E-state index contributed by atoms with van der Waals surface area (Å²) in [6, 6.07) is 12.0. The van der Waals surface area contributed by atoms with E-state index in [1.807, 2.05) is 0 Å². The van der Waals surface area contributed by atoms with Crippen LogP contribution in [0.3, 0.4) is 0 Å². The molecule has 2 rings (SSSR count). The number of esters is 1. The molecule has 22 heavy (non-hydrogen) atoms. The molecule has 0 amide bonds. The molecule has 0 bridgehead atoms. The van der Waals surface area contributed by atoms with Crippen molar-refractivity contribution in [1.29, 1.82) is 0 Å². The molecule has 0 radical (unpaired) electrons. The maximum Gasteiger partial charge on any atom is 0.308 e. The van der Waals surface area contributed by atoms with Gasteiger partial charge >= 0.3 is 5.97 Å². The van der Waals surface area contributed by atoms with Crippen LogP contribution in [0.2, 0.25) is 10.0 Å². The fourth-order valence-electron chi connectivity index (χ4n) is 1.64. The fraction of sp³-hybridized carbons (Fsp3) is 0.188. The first kappa shape index (κ1) is 16.5. The standard InChI is InChI=1S/C16H14Cl2O4/c1-20-16(19)8-9-21-12-3-5-13(6-4-12)22-15-7-2-11(17)10-14(15)18/h2-7,10H,8-9H2,1H3. The molecule has 0 saturated carbocycles. The molecule has 6 heteroatoms. The van der Waals surface area contributed by atoms with Gasteiger partial charge < -0.3 is 14.2 Å². The van der Waals surface area contributed by atoms with Gasteiger partial charge in [0.05, 0.1) is 25.2 Å². The first-order chi connectivity index (χ1) is 10.6. The van der Waals surface area contributed by atoms with Gasteiger partial charge in [0, 0.05) is 5.02 Å². The number of rotatable bonds is 6. The second-order valence-electron chi connectivity index (χ2n) is 4.32. The summed E-state index contributed by atoms with van der Waals surface area (Å²) in [5.74, 6) is 1.46. The maximum atomic E-state index is 11.0. The van der Waals surface area contributed by atoms with E-state index < -0.39 is 0 Å². The molecule has 0 aliphatic rings. The lowest BCUT2D eigenvalue weighted by molar-refractivity contribution is -0.141. The van der Waals surface area contributed by atoms with E-state index in [0.29, 0.717) is 27.3 Å². The summed E-state index contributed by atoms with van der Waals surface area (Å²) in [6.07, 6.45) is 0.204. The third kappa shape index (κ3) is 4.83. The number of carbonyl (C=O) groups is 1. The lowest BCUT2D eigenvalue weighted by Crippen LogP contribution is -2.07. The van der Waals surface area contributed by atoms with Crippen molar-refractivity contribution in [2.75, 3.05) is 13.7 Å². The summed E-state index contributed by atoms with van der Waals surface area (Å²) >= 11 is 11.9. The van der Waals surface area contributed by atoms with Crippen LogP contribution in [0.4, 0.5) is 0 Å². The van der Waals surface area contributed by atoms with Crippen LogP contribution in [0, 0.1) is 0 Å². The van der Waals surface area contributed by atoms with Gasteiger partial charge in [-0.3, -0.25) is 4.79 Å². The summed E-state index contributed by atoms with van der Waals surface area (Å²) in [6.45, 7) is 0.260. The van der Waals surface area contributed by atoms with Crippen LogP contribution in [0.25, 0.3) is 0 Å². The van der Waals surface area contributed by atoms with Gasteiger partial charge in [-0.15, -0.1) is 0 Å². The second kappa shape index (κ2) is 7.92. The Bertz CT molecular complexity index is 641. The normalized spacial score (nSPS) is 10.1. The van der Waals surface area contributed by atoms with Crippen molar-refractivity contribution < 1.29 is 19.0 Å². The molecule has 116 valence electrons. The lowest BCUT2D eigenvalue weighted by atomic mass is 10.3. The van der Waals surface area contributed by atoms with Crippen molar-refractivity contribution in [2.45, 2.75) is 6.42 Å². The number of ether oxygens (including phenoxy) is 3. The molecule has 0 heterocycles. The quantitative estimate of drug-likeness (QED) is 0.713. The molecule has 0 aliphatic carbocycles. The van der Waals surface area contributed by atoms with Crippen LogP contribution in [0.15, 0.2) is 42.5 Å². The minimum absolute atomic E-state index is 0.204. The number of benzene rings is 2. The summed E-state index contributed by atoms with van der Waals surface area (Å²) < 4.78 is 15.6. The lowest BCUT2D eigenvalue weighted by Gasteiger charge is -2.09. The van der Waals surface area contributed by atoms with Crippen molar-refractivity contribution >= 4 is 29.2 Å². The van der Waals surface area contributed by atoms with Crippen LogP contribution in [-0.4, -0.2) is 19.7 Å². The smallest absolute Gasteiger partial charge is 0.308 e. The molecule has 4 nitrogen and oxygen atoms in total. The molecule has 0 atom stereocenters. The zero-order valence-electron chi connectivity index (χ0n) is 11.8. The van der Waals surface area contributed by atoms with Gasteiger partial charge in [-0.05, 0) is 42.5 Å². The van der Waals surface area contributed by atoms with Crippen molar-refractivity contribution in [3.8, 4) is 17.2 Å². The summed E-state index contributed by atoms with van der Waals surface area (Å²) in [5.41, 5.74) is 0. The largest absolute Gasteiger partial charge is 0.493 e. The molecular formula is C16H14Cl2O4. The van der Waals surface area contributed by atoms with Crippen molar-refractivity contribution in [3.05, 3.63) is 52.5 Å². The Morgan fingerprint density at radius 2 is 1.73 bits per heavy atom. The van der Waals surface area contributed by atoms with Crippen LogP contribution in [-0.2, 0) is 9.53 Å². The van der Waals surface area contributed by atoms with Crippen LogP contribution in [0.1, 0.15) is 6.42 Å². The Morgan fingerprint density at radius 3 is 2.36 bits per heavy atom. The average Bonchev–Trinajstić information content (AvgIpc) is 2.51. The molecule has 2 aromatic rings. The highest BCUT2D eigenvalue weighted by Crippen LogP contribution is 2.32. The van der Waals surface area contributed by atoms with Crippen molar-refractivity contribution in [3.63, 3.8) is 0 Å². The third-order valence-electron chi connectivity index (χ3n) is 2.75. The van der Waals surface area contributed by atoms with Gasteiger partial charge in [-0.1, -0.05) is 23.2 Å². The van der Waals surface area contributed by atoms with Gasteiger partial charge in [0.1, 0.15) is 17.2 Å². The molecule has 0 unspecified atom stereocenters. The predicted molar refractivity (Wildman–Crippen MR) is 85.1 cm³/mol. The van der Waals surface area contributed by atoms with E-state index in [0.717, 1.165) is 0 Å². The van der Waals surface area contributed by atoms with Crippen molar-refractivity contribution in [1.82, 2.24) is 0 Å². The molecule has 0 spiro atoms. The van der Waals surface area contributed by atoms with Crippen LogP contribution >= 0.6 is 23.2 Å². The highest BCUT2D eigenvalue weighted by molar-refractivity contribution is 6.35. The molecule has 0 fully saturated rings. The highest BCUT2D eigenvalue weighted by atomic mass is 35.5. The summed E-state index contributed by atoms with van der Waals surface area (Å²) in [5, 5.41) is 0.984. The number of hydrogen-bond donors (Lipinski definition) is 0. The van der Waals surface area contributed by atoms with E-state index >= 15 is 0 Å². The van der Waals surface area contributed by atoms with Gasteiger partial charge in [0.2, 0.25) is 0 Å². The molecule has 0 saturated heterocycles. The number of hydrogen-bond acceptors (Lipinski definition) is 4. The third-order valence-corrected chi connectivity index (χ3v) is 3.28. The number of carbonyl (C=O) groups excluding carboxylic acids is 1. The molecule has 0 N–H and O–H groups in total. The minimum Gasteiger partial charge on any atom is -0.493 e. The maximum absolute atomic E-state index is 11.0. The SMILES string of the molecule is COC(=O)CCOc1ccc(Oc2ccc(Cl)cc2Cl)cc1. The fourth-order valence-corrected chi connectivity index (χ4v) is 2.09. The van der Waals surface area contributed by atoms with Crippen molar-refractivity contribution in [2.24, 2.45) is 0 Å². The Labute approximate surface area is 138 Å². The summed E-state index contributed by atoms with van der Waals surface area (Å²) in [7, 11) is 1.34. The molecule has 0 aromatic heterocycles. The number of halogens is 2. The number of methoxy groups -OCH3 is 1. The Hall–Kier alpha value is -1.91. The Morgan fingerprint density at radius 1 is 1.05 bits per heavy atom. The zero-order chi connectivity index (χ0) is 15.9. The first-order valence-corrected chi connectivity index (χ1v) is 7.26. The van der Waals surface area contributed by atoms with E-state index in [4.69, 9.17) is 32.7 Å². The van der Waals surface area contributed by atoms with E-state index in [1.54, 1.807) is 42.5 Å². The van der Waals surface area contributed by atoms with Crippen LogP contribution in [0.5, 0.6) is 17.2 Å². The Kier molecular flexibility index (Phi) is 5.92. The van der Waals surface area contributed by atoms with E-state index in [1.165, 1.54) is 7.11 Å². The molecule has 2 aromatic carbocycles. The molecule has 0 aliphatic heterocycles. The van der Waals surface area contributed by atoms with E-state index in [9.17, 15) is 4.79 Å². The Balaban J connectivity index is 1.92. The highest BCUT2D eigenvalue weighted by Gasteiger charge is 2.05. The van der Waals surface area contributed by atoms with Crippen LogP contribution < -0.4 is 9.47 Å². The average molecular weight is 341 g/mol. The van der Waals surface area contributed by atoms with Gasteiger partial charge in [0.15, 0.2) is 0 Å². The van der Waals surface area contributed by atoms with Gasteiger partial charge in [-0.2, -0.15) is 0 Å².